The molecule has 2 aromatic rings. The Kier molecular flexibility index (Phi) is 14.7. The lowest BCUT2D eigenvalue weighted by atomic mass is 10.1. The number of aromatic nitrogens is 3. The maximum atomic E-state index is 11.6. The molecule has 0 saturated heterocycles. The number of amides is 1. The Morgan fingerprint density at radius 1 is 0.828 bits per heavy atom. The highest BCUT2D eigenvalue weighted by atomic mass is 16.2. The van der Waals surface area contributed by atoms with E-state index < -0.39 is 0 Å². The molecule has 1 aromatic carbocycles. The molecule has 0 atom stereocenters. The molecule has 0 bridgehead atoms. The van der Waals surface area contributed by atoms with E-state index in [2.05, 4.69) is 34.2 Å². The second-order valence-corrected chi connectivity index (χ2v) is 7.87. The van der Waals surface area contributed by atoms with E-state index in [9.17, 15) is 4.79 Å². The summed E-state index contributed by atoms with van der Waals surface area (Å²) in [5.74, 6) is 0.257. The zero-order valence-electron chi connectivity index (χ0n) is 19.0. The van der Waals surface area contributed by atoms with Gasteiger partial charge < -0.3 is 4.90 Å². The number of aromatic amines is 1. The second-order valence-electron chi connectivity index (χ2n) is 7.87. The van der Waals surface area contributed by atoms with Gasteiger partial charge in [0.1, 0.15) is 5.52 Å². The lowest BCUT2D eigenvalue weighted by Gasteiger charge is -2.21. The van der Waals surface area contributed by atoms with Gasteiger partial charge >= 0.3 is 0 Å². The number of para-hydroxylation sites is 1. The number of rotatable bonds is 14. The standard InChI is InChI=1S/C18H37NO.C6H5N3/c1-4-6-8-10-12-14-16-19(18(3)20)17-15-13-11-9-7-5-2;1-2-4-6-5(3-1)7-9-8-6/h4-17H2,1-3H3;1-4H,(H,7,8,9). The zero-order chi connectivity index (χ0) is 21.2. The SMILES string of the molecule is CCCCCCCCN(CCCCCCCC)C(C)=O.c1ccc2[nH]nnc2c1. The van der Waals surface area contributed by atoms with E-state index in [1.54, 1.807) is 6.92 Å². The smallest absolute Gasteiger partial charge is 0.219 e. The summed E-state index contributed by atoms with van der Waals surface area (Å²) in [6, 6.07) is 7.74. The third-order valence-corrected chi connectivity index (χ3v) is 5.24. The normalized spacial score (nSPS) is 10.6. The maximum Gasteiger partial charge on any atom is 0.219 e. The fourth-order valence-electron chi connectivity index (χ4n) is 3.38. The molecule has 1 aromatic heterocycles. The number of nitrogens with one attached hydrogen (secondary N) is 1. The molecule has 0 aliphatic carbocycles. The van der Waals surface area contributed by atoms with E-state index in [4.69, 9.17) is 0 Å². The van der Waals surface area contributed by atoms with E-state index in [-0.39, 0.29) is 5.91 Å². The van der Waals surface area contributed by atoms with E-state index in [1.807, 2.05) is 24.3 Å². The van der Waals surface area contributed by atoms with Crippen molar-refractivity contribution in [1.29, 1.82) is 0 Å². The third kappa shape index (κ3) is 12.3. The van der Waals surface area contributed by atoms with E-state index in [0.717, 1.165) is 24.1 Å². The van der Waals surface area contributed by atoms with Crippen molar-refractivity contribution in [1.82, 2.24) is 20.3 Å². The largest absolute Gasteiger partial charge is 0.343 e. The van der Waals surface area contributed by atoms with Crippen molar-refractivity contribution in [2.75, 3.05) is 13.1 Å². The molecule has 1 amide bonds. The monoisotopic (exact) mass is 402 g/mol. The van der Waals surface area contributed by atoms with Crippen LogP contribution in [0.3, 0.4) is 0 Å². The fourth-order valence-corrected chi connectivity index (χ4v) is 3.38. The van der Waals surface area contributed by atoms with Crippen molar-refractivity contribution >= 4 is 16.9 Å². The number of nitrogens with zero attached hydrogens (tertiary/aromatic N) is 3. The Morgan fingerprint density at radius 2 is 1.34 bits per heavy atom. The van der Waals surface area contributed by atoms with Gasteiger partial charge in [0.15, 0.2) is 0 Å². The number of carbonyl (C=O) groups excluding carboxylic acids is 1. The minimum absolute atomic E-state index is 0.257. The summed E-state index contributed by atoms with van der Waals surface area (Å²) in [5.41, 5.74) is 1.90. The Labute approximate surface area is 177 Å². The molecule has 2 rings (SSSR count). The quantitative estimate of drug-likeness (QED) is 0.366. The van der Waals surface area contributed by atoms with Gasteiger partial charge in [0, 0.05) is 20.0 Å². The molecule has 0 spiro atoms. The summed E-state index contributed by atoms with van der Waals surface area (Å²) in [7, 11) is 0. The lowest BCUT2D eigenvalue weighted by Crippen LogP contribution is -2.30. The van der Waals surface area contributed by atoms with Gasteiger partial charge in [-0.1, -0.05) is 95.4 Å². The van der Waals surface area contributed by atoms with Gasteiger partial charge in [-0.25, -0.2) is 0 Å². The van der Waals surface area contributed by atoms with Gasteiger partial charge in [0.2, 0.25) is 5.91 Å². The van der Waals surface area contributed by atoms with Crippen LogP contribution in [-0.4, -0.2) is 39.3 Å². The first kappa shape index (κ1) is 25.1. The topological polar surface area (TPSA) is 61.9 Å². The second kappa shape index (κ2) is 17.0. The van der Waals surface area contributed by atoms with Gasteiger partial charge in [-0.05, 0) is 25.0 Å². The van der Waals surface area contributed by atoms with E-state index in [1.165, 1.54) is 77.0 Å². The summed E-state index contributed by atoms with van der Waals surface area (Å²) in [4.78, 5) is 13.7. The minimum atomic E-state index is 0.257. The predicted molar refractivity (Wildman–Crippen MR) is 123 cm³/mol. The molecule has 0 unspecified atom stereocenters. The fraction of sp³-hybridized carbons (Fsp3) is 0.708. The molecule has 29 heavy (non-hydrogen) atoms. The van der Waals surface area contributed by atoms with Gasteiger partial charge in [-0.3, -0.25) is 9.89 Å². The number of carbonyl (C=O) groups is 1. The molecule has 0 radical (unpaired) electrons. The van der Waals surface area contributed by atoms with Gasteiger partial charge in [0.25, 0.3) is 0 Å². The van der Waals surface area contributed by atoms with Crippen molar-refractivity contribution in [3.63, 3.8) is 0 Å². The summed E-state index contributed by atoms with van der Waals surface area (Å²) < 4.78 is 0. The number of unbranched alkanes of at least 4 members (excludes halogenated alkanes) is 10. The number of fused-ring (bicyclic) bond motifs is 1. The molecule has 0 aliphatic rings. The summed E-state index contributed by atoms with van der Waals surface area (Å²) in [6.45, 7) is 8.15. The van der Waals surface area contributed by atoms with Crippen molar-refractivity contribution in [3.8, 4) is 0 Å². The van der Waals surface area contributed by atoms with Crippen LogP contribution in [0.25, 0.3) is 11.0 Å². The van der Waals surface area contributed by atoms with Crippen LogP contribution >= 0.6 is 0 Å². The molecule has 0 fully saturated rings. The van der Waals surface area contributed by atoms with Crippen LogP contribution in [0.15, 0.2) is 24.3 Å². The molecule has 0 aliphatic heterocycles. The molecule has 0 saturated carbocycles. The summed E-state index contributed by atoms with van der Waals surface area (Å²) >= 11 is 0. The average molecular weight is 403 g/mol. The first-order valence-corrected chi connectivity index (χ1v) is 11.7. The highest BCUT2D eigenvalue weighted by Gasteiger charge is 2.07. The summed E-state index contributed by atoms with van der Waals surface area (Å²) in [6.07, 6.45) is 15.6. The Hall–Kier alpha value is -1.91. The first-order chi connectivity index (χ1) is 14.2. The number of benzene rings is 1. The number of H-pyrrole nitrogens is 1. The van der Waals surface area contributed by atoms with Crippen LogP contribution in [0, 0.1) is 0 Å². The molecule has 1 heterocycles. The van der Waals surface area contributed by atoms with Gasteiger partial charge in [-0.2, -0.15) is 0 Å². The van der Waals surface area contributed by atoms with E-state index in [0.29, 0.717) is 0 Å². The lowest BCUT2D eigenvalue weighted by molar-refractivity contribution is -0.129. The number of hydrogen-bond donors (Lipinski definition) is 1. The molecule has 5 heteroatoms. The molecule has 1 N–H and O–H groups in total. The van der Waals surface area contributed by atoms with Gasteiger partial charge in [-0.15, -0.1) is 5.10 Å². The maximum absolute atomic E-state index is 11.6. The van der Waals surface area contributed by atoms with E-state index >= 15 is 0 Å². The molecule has 164 valence electrons. The predicted octanol–water partition coefficient (Wildman–Crippen LogP) is 6.51. The Balaban J connectivity index is 0.000000379. The molecular weight excluding hydrogens is 360 g/mol. The molecular formula is C24H42N4O. The van der Waals surface area contributed by atoms with Crippen LogP contribution in [0.1, 0.15) is 97.8 Å². The highest BCUT2D eigenvalue weighted by Crippen LogP contribution is 2.09. The van der Waals surface area contributed by atoms with Crippen LogP contribution < -0.4 is 0 Å². The summed E-state index contributed by atoms with van der Waals surface area (Å²) in [5, 5.41) is 10.2. The van der Waals surface area contributed by atoms with Crippen molar-refractivity contribution in [2.24, 2.45) is 0 Å². The van der Waals surface area contributed by atoms with Crippen LogP contribution in [0.5, 0.6) is 0 Å². The Morgan fingerprint density at radius 3 is 1.86 bits per heavy atom. The third-order valence-electron chi connectivity index (χ3n) is 5.24. The van der Waals surface area contributed by atoms with Crippen molar-refractivity contribution in [3.05, 3.63) is 24.3 Å². The van der Waals surface area contributed by atoms with Crippen LogP contribution in [-0.2, 0) is 4.79 Å². The Bertz CT molecular complexity index is 594. The number of hydrogen-bond acceptors (Lipinski definition) is 3. The van der Waals surface area contributed by atoms with Crippen LogP contribution in [0.2, 0.25) is 0 Å². The first-order valence-electron chi connectivity index (χ1n) is 11.7. The zero-order valence-corrected chi connectivity index (χ0v) is 19.0. The minimum Gasteiger partial charge on any atom is -0.343 e. The van der Waals surface area contributed by atoms with Crippen molar-refractivity contribution in [2.45, 2.75) is 97.8 Å². The average Bonchev–Trinajstić information content (AvgIpc) is 3.20. The van der Waals surface area contributed by atoms with Crippen molar-refractivity contribution < 1.29 is 4.79 Å². The highest BCUT2D eigenvalue weighted by molar-refractivity contribution is 5.73. The van der Waals surface area contributed by atoms with Crippen LogP contribution in [0.4, 0.5) is 0 Å². The van der Waals surface area contributed by atoms with Gasteiger partial charge in [0.05, 0.1) is 5.52 Å². The molecule has 5 nitrogen and oxygen atoms in total.